The Morgan fingerprint density at radius 1 is 1.12 bits per heavy atom. The van der Waals surface area contributed by atoms with Crippen LogP contribution in [0.2, 0.25) is 0 Å². The summed E-state index contributed by atoms with van der Waals surface area (Å²) in [5.41, 5.74) is 0.440. The zero-order chi connectivity index (χ0) is 11.4. The molecule has 2 heterocycles. The smallest absolute Gasteiger partial charge is 0.260 e. The Labute approximate surface area is 100 Å². The van der Waals surface area contributed by atoms with Gasteiger partial charge in [0.15, 0.2) is 0 Å². The largest absolute Gasteiger partial charge is 0.290 e. The summed E-state index contributed by atoms with van der Waals surface area (Å²) < 4.78 is 0.489. The summed E-state index contributed by atoms with van der Waals surface area (Å²) >= 11 is 3.20. The molecule has 5 nitrogen and oxygen atoms in total. The number of pyridine rings is 1. The van der Waals surface area contributed by atoms with Crippen molar-refractivity contribution in [3.63, 3.8) is 0 Å². The number of nitrogens with zero attached hydrogens (tertiary/aromatic N) is 3. The molecule has 0 saturated carbocycles. The van der Waals surface area contributed by atoms with E-state index in [1.54, 1.807) is 36.8 Å². The van der Waals surface area contributed by atoms with Crippen molar-refractivity contribution >= 4 is 27.8 Å². The molecule has 80 valence electrons. The van der Waals surface area contributed by atoms with Crippen molar-refractivity contribution < 1.29 is 4.79 Å². The Hall–Kier alpha value is -1.82. The average molecular weight is 279 g/mol. The van der Waals surface area contributed by atoms with Gasteiger partial charge in [-0.05, 0) is 34.1 Å². The Balaban J connectivity index is 2.19. The second-order valence-electron chi connectivity index (χ2n) is 2.87. The molecule has 0 aliphatic rings. The second-order valence-corrected chi connectivity index (χ2v) is 3.62. The zero-order valence-electron chi connectivity index (χ0n) is 8.09. The fourth-order valence-corrected chi connectivity index (χ4v) is 1.52. The Morgan fingerprint density at radius 3 is 2.50 bits per heavy atom. The number of aromatic nitrogens is 3. The topological polar surface area (TPSA) is 67.8 Å². The van der Waals surface area contributed by atoms with Gasteiger partial charge in [-0.15, -0.1) is 0 Å². The number of halogens is 1. The van der Waals surface area contributed by atoms with Crippen LogP contribution in [0, 0.1) is 0 Å². The first-order valence-electron chi connectivity index (χ1n) is 4.46. The van der Waals surface area contributed by atoms with Gasteiger partial charge >= 0.3 is 0 Å². The predicted octanol–water partition coefficient (Wildman–Crippen LogP) is 1.89. The maximum Gasteiger partial charge on any atom is 0.260 e. The molecule has 0 aliphatic carbocycles. The number of anilines is 1. The van der Waals surface area contributed by atoms with Gasteiger partial charge in [-0.3, -0.25) is 10.1 Å². The van der Waals surface area contributed by atoms with Gasteiger partial charge in [0.1, 0.15) is 4.60 Å². The highest BCUT2D eigenvalue weighted by Crippen LogP contribution is 2.13. The van der Waals surface area contributed by atoms with Gasteiger partial charge in [-0.1, -0.05) is 0 Å². The van der Waals surface area contributed by atoms with Crippen LogP contribution < -0.4 is 5.32 Å². The first-order valence-corrected chi connectivity index (χ1v) is 5.25. The van der Waals surface area contributed by atoms with Gasteiger partial charge in [-0.2, -0.15) is 0 Å². The number of amides is 1. The molecule has 0 spiro atoms. The lowest BCUT2D eigenvalue weighted by molar-refractivity contribution is 0.102. The molecule has 0 bridgehead atoms. The lowest BCUT2D eigenvalue weighted by atomic mass is 10.3. The van der Waals surface area contributed by atoms with Crippen molar-refractivity contribution in [3.05, 3.63) is 47.0 Å². The highest BCUT2D eigenvalue weighted by atomic mass is 79.9. The molecule has 1 amide bonds. The number of nitrogens with one attached hydrogen (secondary N) is 1. The molecular formula is C10H7BrN4O. The molecule has 0 aliphatic heterocycles. The monoisotopic (exact) mass is 278 g/mol. The summed E-state index contributed by atoms with van der Waals surface area (Å²) in [4.78, 5) is 23.5. The molecule has 2 aromatic rings. The van der Waals surface area contributed by atoms with Crippen LogP contribution in [0.15, 0.2) is 41.4 Å². The standard InChI is InChI=1S/C10H7BrN4O/c11-8-7(3-1-4-12-8)9(16)15-10-13-5-2-6-14-10/h1-6H,(H,13,14,15,16). The average Bonchev–Trinajstić information content (AvgIpc) is 2.31. The van der Waals surface area contributed by atoms with Crippen molar-refractivity contribution in [3.8, 4) is 0 Å². The molecular weight excluding hydrogens is 272 g/mol. The molecule has 0 unspecified atom stereocenters. The minimum Gasteiger partial charge on any atom is -0.290 e. The molecule has 0 aromatic carbocycles. The van der Waals surface area contributed by atoms with Crippen LogP contribution in [0.1, 0.15) is 10.4 Å². The van der Waals surface area contributed by atoms with Gasteiger partial charge in [0.2, 0.25) is 5.95 Å². The molecule has 2 aromatic heterocycles. The summed E-state index contributed by atoms with van der Waals surface area (Å²) in [5.74, 6) is -0.0329. The highest BCUT2D eigenvalue weighted by molar-refractivity contribution is 9.10. The first-order chi connectivity index (χ1) is 7.77. The summed E-state index contributed by atoms with van der Waals surface area (Å²) in [6, 6.07) is 5.02. The molecule has 0 fully saturated rings. The van der Waals surface area contributed by atoms with Crippen LogP contribution in [-0.4, -0.2) is 20.9 Å². The first kappa shape index (κ1) is 10.7. The van der Waals surface area contributed by atoms with E-state index in [2.05, 4.69) is 36.2 Å². The Morgan fingerprint density at radius 2 is 1.81 bits per heavy atom. The molecule has 1 N–H and O–H groups in total. The molecule has 0 saturated heterocycles. The fourth-order valence-electron chi connectivity index (χ4n) is 1.09. The van der Waals surface area contributed by atoms with Crippen molar-refractivity contribution in [1.82, 2.24) is 15.0 Å². The van der Waals surface area contributed by atoms with Crippen molar-refractivity contribution in [2.24, 2.45) is 0 Å². The van der Waals surface area contributed by atoms with E-state index in [1.807, 2.05) is 0 Å². The summed E-state index contributed by atoms with van der Waals surface area (Å²) in [6.07, 6.45) is 4.71. The van der Waals surface area contributed by atoms with E-state index in [0.29, 0.717) is 10.2 Å². The highest BCUT2D eigenvalue weighted by Gasteiger charge is 2.10. The SMILES string of the molecule is O=C(Nc1ncccn1)c1cccnc1Br. The maximum absolute atomic E-state index is 11.8. The van der Waals surface area contributed by atoms with E-state index < -0.39 is 0 Å². The Kier molecular flexibility index (Phi) is 3.21. The van der Waals surface area contributed by atoms with Crippen LogP contribution in [0.3, 0.4) is 0 Å². The second kappa shape index (κ2) is 4.80. The lowest BCUT2D eigenvalue weighted by Crippen LogP contribution is -2.14. The lowest BCUT2D eigenvalue weighted by Gasteiger charge is -2.03. The molecule has 0 atom stereocenters. The summed E-state index contributed by atoms with van der Waals surface area (Å²) in [5, 5.41) is 2.57. The molecule has 2 rings (SSSR count). The van der Waals surface area contributed by atoms with Crippen LogP contribution in [-0.2, 0) is 0 Å². The van der Waals surface area contributed by atoms with Crippen molar-refractivity contribution in [2.75, 3.05) is 5.32 Å². The quantitative estimate of drug-likeness (QED) is 0.852. The predicted molar refractivity (Wildman–Crippen MR) is 61.9 cm³/mol. The van der Waals surface area contributed by atoms with E-state index in [1.165, 1.54) is 0 Å². The summed E-state index contributed by atoms with van der Waals surface area (Å²) in [7, 11) is 0. The van der Waals surface area contributed by atoms with E-state index in [0.717, 1.165) is 0 Å². The van der Waals surface area contributed by atoms with E-state index in [4.69, 9.17) is 0 Å². The zero-order valence-corrected chi connectivity index (χ0v) is 9.68. The number of rotatable bonds is 2. The van der Waals surface area contributed by atoms with Gasteiger partial charge < -0.3 is 0 Å². The van der Waals surface area contributed by atoms with Crippen LogP contribution in [0.4, 0.5) is 5.95 Å². The Bertz CT molecular complexity index is 503. The van der Waals surface area contributed by atoms with Crippen molar-refractivity contribution in [1.29, 1.82) is 0 Å². The minimum atomic E-state index is -0.300. The van der Waals surface area contributed by atoms with Crippen LogP contribution in [0.5, 0.6) is 0 Å². The fraction of sp³-hybridized carbons (Fsp3) is 0. The number of hydrogen-bond acceptors (Lipinski definition) is 4. The minimum absolute atomic E-state index is 0.267. The van der Waals surface area contributed by atoms with Gasteiger partial charge in [0, 0.05) is 18.6 Å². The third-order valence-corrected chi connectivity index (χ3v) is 2.43. The van der Waals surface area contributed by atoms with Gasteiger partial charge in [-0.25, -0.2) is 15.0 Å². The van der Waals surface area contributed by atoms with Gasteiger partial charge in [0.25, 0.3) is 5.91 Å². The molecule has 16 heavy (non-hydrogen) atoms. The van der Waals surface area contributed by atoms with E-state index >= 15 is 0 Å². The van der Waals surface area contributed by atoms with Crippen molar-refractivity contribution in [2.45, 2.75) is 0 Å². The number of hydrogen-bond donors (Lipinski definition) is 1. The van der Waals surface area contributed by atoms with E-state index in [9.17, 15) is 4.79 Å². The number of carbonyl (C=O) groups excluding carboxylic acids is 1. The van der Waals surface area contributed by atoms with Crippen LogP contribution >= 0.6 is 15.9 Å². The molecule has 6 heteroatoms. The maximum atomic E-state index is 11.8. The number of carbonyl (C=O) groups is 1. The normalized spacial score (nSPS) is 9.81. The third-order valence-electron chi connectivity index (χ3n) is 1.79. The van der Waals surface area contributed by atoms with Gasteiger partial charge in [0.05, 0.1) is 5.56 Å². The van der Waals surface area contributed by atoms with Crippen LogP contribution in [0.25, 0.3) is 0 Å². The van der Waals surface area contributed by atoms with E-state index in [-0.39, 0.29) is 11.9 Å². The summed E-state index contributed by atoms with van der Waals surface area (Å²) in [6.45, 7) is 0. The molecule has 0 radical (unpaired) electrons. The third kappa shape index (κ3) is 2.40.